The summed E-state index contributed by atoms with van der Waals surface area (Å²) in [5.41, 5.74) is 1.24. The smallest absolute Gasteiger partial charge is 0.0724 e. The molecular formula is C13H20N2O. The fourth-order valence-corrected chi connectivity index (χ4v) is 2.45. The summed E-state index contributed by atoms with van der Waals surface area (Å²) in [6.07, 6.45) is 7.75. The van der Waals surface area contributed by atoms with Crippen molar-refractivity contribution in [3.8, 4) is 0 Å². The summed E-state index contributed by atoms with van der Waals surface area (Å²) < 4.78 is 5.48. The molecule has 0 bridgehead atoms. The first-order valence-corrected chi connectivity index (χ1v) is 6.00. The fourth-order valence-electron chi connectivity index (χ4n) is 2.45. The zero-order chi connectivity index (χ0) is 11.4. The Hall–Kier alpha value is -0.930. The van der Waals surface area contributed by atoms with Gasteiger partial charge < -0.3 is 10.1 Å². The topological polar surface area (TPSA) is 34.1 Å². The van der Waals surface area contributed by atoms with Gasteiger partial charge in [0.05, 0.1) is 6.10 Å². The quantitative estimate of drug-likeness (QED) is 0.845. The molecule has 3 atom stereocenters. The third-order valence-electron chi connectivity index (χ3n) is 3.40. The number of nitrogens with zero attached hydrogens (tertiary/aromatic N) is 1. The van der Waals surface area contributed by atoms with Crippen LogP contribution in [0.15, 0.2) is 24.5 Å². The van der Waals surface area contributed by atoms with E-state index >= 15 is 0 Å². The van der Waals surface area contributed by atoms with E-state index in [-0.39, 0.29) is 0 Å². The summed E-state index contributed by atoms with van der Waals surface area (Å²) in [6.45, 7) is 2.18. The number of hydrogen-bond acceptors (Lipinski definition) is 3. The monoisotopic (exact) mass is 220 g/mol. The van der Waals surface area contributed by atoms with Crippen molar-refractivity contribution < 1.29 is 4.74 Å². The Labute approximate surface area is 97.2 Å². The number of aromatic nitrogens is 1. The van der Waals surface area contributed by atoms with Crippen LogP contribution < -0.4 is 5.32 Å². The molecule has 0 saturated heterocycles. The van der Waals surface area contributed by atoms with E-state index in [1.54, 1.807) is 7.11 Å². The second-order valence-electron chi connectivity index (χ2n) is 4.49. The predicted molar refractivity (Wildman–Crippen MR) is 64.2 cm³/mol. The lowest BCUT2D eigenvalue weighted by Crippen LogP contribution is -2.38. The highest BCUT2D eigenvalue weighted by Gasteiger charge is 2.28. The highest BCUT2D eigenvalue weighted by atomic mass is 16.5. The van der Waals surface area contributed by atoms with E-state index in [0.29, 0.717) is 18.2 Å². The van der Waals surface area contributed by atoms with Crippen LogP contribution >= 0.6 is 0 Å². The zero-order valence-electron chi connectivity index (χ0n) is 10.0. The molecule has 1 aromatic heterocycles. The van der Waals surface area contributed by atoms with Gasteiger partial charge in [0.1, 0.15) is 0 Å². The molecular weight excluding hydrogens is 200 g/mol. The number of methoxy groups -OCH3 is 1. The molecule has 16 heavy (non-hydrogen) atoms. The number of pyridine rings is 1. The first-order chi connectivity index (χ1) is 7.81. The maximum absolute atomic E-state index is 5.48. The highest BCUT2D eigenvalue weighted by molar-refractivity contribution is 5.13. The van der Waals surface area contributed by atoms with Crippen LogP contribution in [0.2, 0.25) is 0 Å². The van der Waals surface area contributed by atoms with Gasteiger partial charge in [0.25, 0.3) is 0 Å². The lowest BCUT2D eigenvalue weighted by atomic mass is 10.1. The molecule has 3 nitrogen and oxygen atoms in total. The Kier molecular flexibility index (Phi) is 3.91. The fraction of sp³-hybridized carbons (Fsp3) is 0.615. The maximum Gasteiger partial charge on any atom is 0.0724 e. The lowest BCUT2D eigenvalue weighted by molar-refractivity contribution is 0.0819. The summed E-state index contributed by atoms with van der Waals surface area (Å²) in [6, 6.07) is 4.92. The van der Waals surface area contributed by atoms with Crippen molar-refractivity contribution in [3.63, 3.8) is 0 Å². The van der Waals surface area contributed by atoms with E-state index in [4.69, 9.17) is 4.74 Å². The lowest BCUT2D eigenvalue weighted by Gasteiger charge is -2.24. The van der Waals surface area contributed by atoms with Crippen molar-refractivity contribution in [2.24, 2.45) is 0 Å². The van der Waals surface area contributed by atoms with E-state index in [2.05, 4.69) is 23.3 Å². The van der Waals surface area contributed by atoms with Gasteiger partial charge in [-0.1, -0.05) is 6.07 Å². The van der Waals surface area contributed by atoms with E-state index in [9.17, 15) is 0 Å². The van der Waals surface area contributed by atoms with Crippen molar-refractivity contribution in [2.45, 2.75) is 44.4 Å². The van der Waals surface area contributed by atoms with E-state index < -0.39 is 0 Å². The summed E-state index contributed by atoms with van der Waals surface area (Å²) in [7, 11) is 1.80. The average molecular weight is 220 g/mol. The molecule has 3 heteroatoms. The minimum absolute atomic E-state index is 0.342. The minimum atomic E-state index is 0.342. The Bertz CT molecular complexity index is 315. The molecule has 0 aromatic carbocycles. The van der Waals surface area contributed by atoms with Crippen LogP contribution in [0.3, 0.4) is 0 Å². The Morgan fingerprint density at radius 1 is 1.50 bits per heavy atom. The molecule has 0 aliphatic heterocycles. The van der Waals surface area contributed by atoms with Gasteiger partial charge in [-0.3, -0.25) is 4.98 Å². The van der Waals surface area contributed by atoms with Crippen molar-refractivity contribution in [3.05, 3.63) is 30.1 Å². The van der Waals surface area contributed by atoms with Crippen molar-refractivity contribution in [1.82, 2.24) is 10.3 Å². The minimum Gasteiger partial charge on any atom is -0.380 e. The number of rotatable bonds is 4. The molecule has 2 rings (SSSR count). The summed E-state index contributed by atoms with van der Waals surface area (Å²) in [4.78, 5) is 4.15. The molecule has 1 N–H and O–H groups in total. The Morgan fingerprint density at radius 2 is 2.38 bits per heavy atom. The molecule has 1 aliphatic carbocycles. The van der Waals surface area contributed by atoms with Gasteiger partial charge >= 0.3 is 0 Å². The summed E-state index contributed by atoms with van der Waals surface area (Å²) >= 11 is 0. The van der Waals surface area contributed by atoms with Gasteiger partial charge in [0.2, 0.25) is 0 Å². The van der Waals surface area contributed by atoms with Gasteiger partial charge in [-0.05, 0) is 37.8 Å². The van der Waals surface area contributed by atoms with Crippen molar-refractivity contribution in [2.75, 3.05) is 7.11 Å². The van der Waals surface area contributed by atoms with Crippen LogP contribution in [-0.4, -0.2) is 24.2 Å². The number of hydrogen-bond donors (Lipinski definition) is 1. The third kappa shape index (κ3) is 2.60. The highest BCUT2D eigenvalue weighted by Crippen LogP contribution is 2.24. The molecule has 1 aromatic rings. The Morgan fingerprint density at radius 3 is 3.06 bits per heavy atom. The van der Waals surface area contributed by atoms with E-state index in [0.717, 1.165) is 0 Å². The van der Waals surface area contributed by atoms with Gasteiger partial charge in [-0.15, -0.1) is 0 Å². The van der Waals surface area contributed by atoms with Crippen LogP contribution in [0.25, 0.3) is 0 Å². The molecule has 0 spiro atoms. The summed E-state index contributed by atoms with van der Waals surface area (Å²) in [5.74, 6) is 0. The first-order valence-electron chi connectivity index (χ1n) is 6.00. The van der Waals surface area contributed by atoms with E-state index in [1.807, 2.05) is 18.5 Å². The van der Waals surface area contributed by atoms with Crippen LogP contribution in [0, 0.1) is 0 Å². The Balaban J connectivity index is 1.94. The standard InChI is InChI=1S/C13H20N2O/c1-10(11-5-4-8-14-9-11)15-12-6-3-7-13(12)16-2/h4-5,8-10,12-13,15H,3,6-7H2,1-2H3. The molecule has 3 unspecified atom stereocenters. The largest absolute Gasteiger partial charge is 0.380 e. The number of nitrogens with one attached hydrogen (secondary N) is 1. The van der Waals surface area contributed by atoms with Gasteiger partial charge in [0.15, 0.2) is 0 Å². The molecule has 0 radical (unpaired) electrons. The number of ether oxygens (including phenoxy) is 1. The van der Waals surface area contributed by atoms with Crippen LogP contribution in [-0.2, 0) is 4.74 Å². The third-order valence-corrected chi connectivity index (χ3v) is 3.40. The normalized spacial score (nSPS) is 26.9. The van der Waals surface area contributed by atoms with Crippen LogP contribution in [0.4, 0.5) is 0 Å². The first kappa shape index (κ1) is 11.6. The second kappa shape index (κ2) is 5.41. The van der Waals surface area contributed by atoms with Gasteiger partial charge in [-0.25, -0.2) is 0 Å². The van der Waals surface area contributed by atoms with Gasteiger partial charge in [0, 0.05) is 31.6 Å². The molecule has 1 heterocycles. The molecule has 88 valence electrons. The van der Waals surface area contributed by atoms with E-state index in [1.165, 1.54) is 24.8 Å². The van der Waals surface area contributed by atoms with Crippen LogP contribution in [0.5, 0.6) is 0 Å². The molecule has 1 aliphatic rings. The molecule has 1 fully saturated rings. The average Bonchev–Trinajstić information content (AvgIpc) is 2.77. The zero-order valence-corrected chi connectivity index (χ0v) is 10.0. The van der Waals surface area contributed by atoms with Gasteiger partial charge in [-0.2, -0.15) is 0 Å². The SMILES string of the molecule is COC1CCCC1NC(C)c1cccnc1. The summed E-state index contributed by atoms with van der Waals surface area (Å²) in [5, 5.41) is 3.63. The van der Waals surface area contributed by atoms with Crippen molar-refractivity contribution >= 4 is 0 Å². The van der Waals surface area contributed by atoms with Crippen molar-refractivity contribution in [1.29, 1.82) is 0 Å². The van der Waals surface area contributed by atoms with Crippen LogP contribution in [0.1, 0.15) is 37.8 Å². The maximum atomic E-state index is 5.48. The second-order valence-corrected chi connectivity index (χ2v) is 4.49. The molecule has 1 saturated carbocycles. The molecule has 0 amide bonds. The predicted octanol–water partition coefficient (Wildman–Crippen LogP) is 2.30.